The highest BCUT2D eigenvalue weighted by Gasteiger charge is 2.75. The quantitative estimate of drug-likeness (QED) is 0.145. The van der Waals surface area contributed by atoms with E-state index < -0.39 is 82.6 Å². The maximum Gasteiger partial charge on any atom is 0.327 e. The number of aromatic amines is 2. The number of ether oxygens (including phenoxy) is 1. The average molecular weight is 652 g/mol. The van der Waals surface area contributed by atoms with E-state index in [9.17, 15) is 49.8 Å². The molecular formula is C25H26BrN5O11. The maximum atomic E-state index is 14.2. The normalized spacial score (nSPS) is 38.5. The van der Waals surface area contributed by atoms with Crippen molar-refractivity contribution in [2.75, 3.05) is 17.2 Å². The number of nitrogens with one attached hydrogen (secondary N) is 4. The maximum absolute atomic E-state index is 14.2. The van der Waals surface area contributed by atoms with Crippen LogP contribution in [0.15, 0.2) is 37.3 Å². The molecule has 1 aromatic carbocycles. The summed E-state index contributed by atoms with van der Waals surface area (Å²) in [5.74, 6) is -4.95. The number of hydrogen-bond acceptors (Lipinski definition) is 13. The molecule has 2 aromatic rings. The van der Waals surface area contributed by atoms with Gasteiger partial charge in [0, 0.05) is 22.6 Å². The summed E-state index contributed by atoms with van der Waals surface area (Å²) in [6, 6.07) is 4.65. The largest absolute Gasteiger partial charge is 0.456 e. The summed E-state index contributed by atoms with van der Waals surface area (Å²) in [5, 5.41) is 69.1. The molecule has 0 bridgehead atoms. The summed E-state index contributed by atoms with van der Waals surface area (Å²) >= 11 is 3.32. The molecule has 224 valence electrons. The molecule has 2 unspecified atom stereocenters. The SMILES string of the molecule is C[C@@]1(O)C2=Nc3c([nH]c(=O)[nH]c3=O)NC[C@H]2[C@H](C(=O)OC2[C@@H](O)[C@@H](O)C(O)[C@H](O)[C@H]2O)[C@]12C(=O)Nc1cc(Br)ccc12. The lowest BCUT2D eigenvalue weighted by Gasteiger charge is -2.42. The summed E-state index contributed by atoms with van der Waals surface area (Å²) < 4.78 is 6.06. The van der Waals surface area contributed by atoms with E-state index in [1.54, 1.807) is 12.1 Å². The molecule has 2 aliphatic heterocycles. The van der Waals surface area contributed by atoms with E-state index in [1.165, 1.54) is 13.0 Å². The van der Waals surface area contributed by atoms with Gasteiger partial charge < -0.3 is 46.0 Å². The number of anilines is 2. The Morgan fingerprint density at radius 2 is 1.67 bits per heavy atom. The molecular weight excluding hydrogens is 626 g/mol. The molecule has 0 radical (unpaired) electrons. The highest BCUT2D eigenvalue weighted by atomic mass is 79.9. The third kappa shape index (κ3) is 3.71. The number of aliphatic imine (C=N–C) groups is 1. The lowest BCUT2D eigenvalue weighted by molar-refractivity contribution is -0.236. The number of nitrogens with zero attached hydrogens (tertiary/aromatic N) is 1. The molecule has 10 atom stereocenters. The van der Waals surface area contributed by atoms with E-state index in [0.29, 0.717) is 4.47 Å². The minimum Gasteiger partial charge on any atom is -0.456 e. The van der Waals surface area contributed by atoms with Gasteiger partial charge in [0.2, 0.25) is 5.91 Å². The number of fused-ring (bicyclic) bond motifs is 4. The summed E-state index contributed by atoms with van der Waals surface area (Å²) in [7, 11) is 0. The first kappa shape index (κ1) is 28.7. The number of aliphatic hydroxyl groups excluding tert-OH is 5. The van der Waals surface area contributed by atoms with Crippen LogP contribution in [0.2, 0.25) is 0 Å². The Labute approximate surface area is 243 Å². The van der Waals surface area contributed by atoms with Crippen LogP contribution < -0.4 is 21.9 Å². The van der Waals surface area contributed by atoms with Gasteiger partial charge in [0.1, 0.15) is 47.4 Å². The Hall–Kier alpha value is -3.45. The Bertz CT molecular complexity index is 1640. The second-order valence-corrected chi connectivity index (χ2v) is 11.9. The molecule has 3 heterocycles. The number of esters is 1. The summed E-state index contributed by atoms with van der Waals surface area (Å²) in [6.45, 7) is 1.00. The van der Waals surface area contributed by atoms with Crippen LogP contribution in [0, 0.1) is 11.8 Å². The van der Waals surface area contributed by atoms with Crippen LogP contribution in [0.25, 0.3) is 0 Å². The third-order valence-corrected chi connectivity index (χ3v) is 9.22. The van der Waals surface area contributed by atoms with Gasteiger partial charge in [-0.25, -0.2) is 9.79 Å². The average Bonchev–Trinajstić information content (AvgIpc) is 3.20. The highest BCUT2D eigenvalue weighted by molar-refractivity contribution is 9.10. The highest BCUT2D eigenvalue weighted by Crippen LogP contribution is 2.60. The van der Waals surface area contributed by atoms with Crippen LogP contribution in [-0.4, -0.2) is 107 Å². The standard InChI is InChI=1S/C25H26BrN5O11/c1-24(41)18-7(5-27-19-11(29-18)20(37)31-23(40)30-19)10(25(24)8-3-2-6(26)4-9(8)28-22(25)39)21(38)42-17-15(35)13(33)12(32)14(34)16(17)36/h2-4,7,10,12-17,32-36,41H,5H2,1H3,(H,28,39)(H3,27,30,31,37,40)/t7-,10+,12?,13-,14-,15-,16+,17?,24+,25+/m0/s1. The zero-order chi connectivity index (χ0) is 30.5. The van der Waals surface area contributed by atoms with Crippen molar-refractivity contribution in [2.45, 2.75) is 54.6 Å². The van der Waals surface area contributed by atoms with E-state index in [2.05, 4.69) is 36.5 Å². The number of amides is 1. The van der Waals surface area contributed by atoms with E-state index in [-0.39, 0.29) is 35.0 Å². The van der Waals surface area contributed by atoms with Crippen molar-refractivity contribution in [3.8, 4) is 0 Å². The van der Waals surface area contributed by atoms with Crippen LogP contribution in [0.5, 0.6) is 0 Å². The van der Waals surface area contributed by atoms with Gasteiger partial charge in [-0.15, -0.1) is 0 Å². The number of halogens is 1. The van der Waals surface area contributed by atoms with E-state index in [1.807, 2.05) is 4.98 Å². The first-order valence-electron chi connectivity index (χ1n) is 12.9. The Morgan fingerprint density at radius 1 is 1.02 bits per heavy atom. The van der Waals surface area contributed by atoms with Crippen molar-refractivity contribution in [2.24, 2.45) is 16.8 Å². The second-order valence-electron chi connectivity index (χ2n) is 11.0. The monoisotopic (exact) mass is 651 g/mol. The number of benzene rings is 1. The molecule has 1 amide bonds. The molecule has 2 aliphatic carbocycles. The fourth-order valence-corrected chi connectivity index (χ4v) is 7.12. The number of hydrogen-bond donors (Lipinski definition) is 10. The Kier molecular flexibility index (Phi) is 6.50. The predicted molar refractivity (Wildman–Crippen MR) is 145 cm³/mol. The van der Waals surface area contributed by atoms with Crippen molar-refractivity contribution < 1.29 is 45.0 Å². The first-order chi connectivity index (χ1) is 19.7. The van der Waals surface area contributed by atoms with E-state index in [4.69, 9.17) is 4.74 Å². The lowest BCUT2D eigenvalue weighted by Crippen LogP contribution is -2.65. The van der Waals surface area contributed by atoms with Crippen LogP contribution in [-0.2, 0) is 19.7 Å². The van der Waals surface area contributed by atoms with Crippen molar-refractivity contribution >= 4 is 50.7 Å². The molecule has 1 spiro atoms. The lowest BCUT2D eigenvalue weighted by atomic mass is 9.65. The first-order valence-corrected chi connectivity index (χ1v) is 13.6. The van der Waals surface area contributed by atoms with E-state index >= 15 is 0 Å². The van der Waals surface area contributed by atoms with Crippen LogP contribution in [0.1, 0.15) is 12.5 Å². The van der Waals surface area contributed by atoms with Gasteiger partial charge in [-0.1, -0.05) is 22.0 Å². The summed E-state index contributed by atoms with van der Waals surface area (Å²) in [5.41, 5.74) is -6.17. The summed E-state index contributed by atoms with van der Waals surface area (Å²) in [4.78, 5) is 61.5. The molecule has 2 saturated carbocycles. The molecule has 4 aliphatic rings. The minimum atomic E-state index is -2.27. The van der Waals surface area contributed by atoms with Gasteiger partial charge in [0.15, 0.2) is 11.8 Å². The molecule has 2 fully saturated rings. The number of aliphatic hydroxyl groups is 6. The van der Waals surface area contributed by atoms with Gasteiger partial charge in [0.25, 0.3) is 5.56 Å². The molecule has 6 rings (SSSR count). The molecule has 17 heteroatoms. The number of aromatic nitrogens is 2. The molecule has 0 saturated heterocycles. The number of rotatable bonds is 2. The van der Waals surface area contributed by atoms with Gasteiger partial charge in [-0.05, 0) is 24.6 Å². The van der Waals surface area contributed by atoms with Gasteiger partial charge in [-0.3, -0.25) is 24.4 Å². The van der Waals surface area contributed by atoms with Crippen LogP contribution >= 0.6 is 15.9 Å². The zero-order valence-corrected chi connectivity index (χ0v) is 23.2. The molecule has 16 nitrogen and oxygen atoms in total. The molecule has 10 N–H and O–H groups in total. The Morgan fingerprint density at radius 3 is 2.33 bits per heavy atom. The third-order valence-electron chi connectivity index (χ3n) is 8.73. The van der Waals surface area contributed by atoms with Gasteiger partial charge in [0.05, 0.1) is 11.6 Å². The van der Waals surface area contributed by atoms with Crippen LogP contribution in [0.3, 0.4) is 0 Å². The fraction of sp³-hybridized carbons (Fsp3) is 0.480. The number of H-pyrrole nitrogens is 2. The van der Waals surface area contributed by atoms with Gasteiger partial charge >= 0.3 is 11.7 Å². The minimum absolute atomic E-state index is 0.0961. The zero-order valence-electron chi connectivity index (χ0n) is 21.6. The van der Waals surface area contributed by atoms with Crippen molar-refractivity contribution in [3.63, 3.8) is 0 Å². The predicted octanol–water partition coefficient (Wildman–Crippen LogP) is -3.06. The fourth-order valence-electron chi connectivity index (χ4n) is 6.76. The smallest absolute Gasteiger partial charge is 0.327 e. The topological polar surface area (TPSA) is 267 Å². The Balaban J connectivity index is 1.54. The number of carbonyl (C=O) groups excluding carboxylic acids is 2. The molecule has 42 heavy (non-hydrogen) atoms. The van der Waals surface area contributed by atoms with Crippen molar-refractivity contribution in [3.05, 3.63) is 49.1 Å². The summed E-state index contributed by atoms with van der Waals surface area (Å²) in [6.07, 6.45) is -12.0. The molecule has 1 aromatic heterocycles. The van der Waals surface area contributed by atoms with E-state index in [0.717, 1.165) is 0 Å². The number of carbonyl (C=O) groups is 2. The van der Waals surface area contributed by atoms with Crippen LogP contribution in [0.4, 0.5) is 17.2 Å². The van der Waals surface area contributed by atoms with Gasteiger partial charge in [-0.2, -0.15) is 0 Å². The van der Waals surface area contributed by atoms with Crippen molar-refractivity contribution in [1.29, 1.82) is 0 Å². The second kappa shape index (κ2) is 9.53. The van der Waals surface area contributed by atoms with Crippen molar-refractivity contribution in [1.82, 2.24) is 9.97 Å².